The Balaban J connectivity index is 1.67. The minimum Gasteiger partial charge on any atom is -0.493 e. The smallest absolute Gasteiger partial charge is 0.269 e. The van der Waals surface area contributed by atoms with Crippen molar-refractivity contribution in [1.82, 2.24) is 15.8 Å². The zero-order chi connectivity index (χ0) is 22.4. The molecule has 3 amide bonds. The molecule has 3 rings (SSSR count). The predicted molar refractivity (Wildman–Crippen MR) is 112 cm³/mol. The molecule has 1 aliphatic rings. The maximum Gasteiger partial charge on any atom is 0.269 e. The summed E-state index contributed by atoms with van der Waals surface area (Å²) in [5, 5.41) is 0. The van der Waals surface area contributed by atoms with Crippen molar-refractivity contribution in [2.75, 3.05) is 21.3 Å². The second-order valence-corrected chi connectivity index (χ2v) is 6.92. The highest BCUT2D eigenvalue weighted by atomic mass is 16.5. The number of benzene rings is 2. The van der Waals surface area contributed by atoms with Crippen molar-refractivity contribution >= 4 is 17.7 Å². The van der Waals surface area contributed by atoms with E-state index in [1.54, 1.807) is 0 Å². The van der Waals surface area contributed by atoms with Crippen LogP contribution in [-0.4, -0.2) is 50.0 Å². The number of nitrogens with zero attached hydrogens (tertiary/aromatic N) is 1. The van der Waals surface area contributed by atoms with Crippen LogP contribution < -0.4 is 25.1 Å². The first-order valence-corrected chi connectivity index (χ1v) is 9.72. The van der Waals surface area contributed by atoms with E-state index in [0.717, 1.165) is 5.56 Å². The molecular formula is C22H25N3O6. The lowest BCUT2D eigenvalue weighted by Crippen LogP contribution is -2.50. The van der Waals surface area contributed by atoms with Gasteiger partial charge in [0.1, 0.15) is 6.04 Å². The average Bonchev–Trinajstić information content (AvgIpc) is 3.16. The minimum atomic E-state index is -0.659. The first-order valence-electron chi connectivity index (χ1n) is 9.72. The summed E-state index contributed by atoms with van der Waals surface area (Å²) in [4.78, 5) is 39.1. The molecule has 0 aromatic heterocycles. The van der Waals surface area contributed by atoms with Crippen LogP contribution >= 0.6 is 0 Å². The third-order valence-corrected chi connectivity index (χ3v) is 5.05. The largest absolute Gasteiger partial charge is 0.493 e. The summed E-state index contributed by atoms with van der Waals surface area (Å²) in [7, 11) is 4.35. The summed E-state index contributed by atoms with van der Waals surface area (Å²) in [6, 6.07) is 11.7. The fourth-order valence-electron chi connectivity index (χ4n) is 3.47. The minimum absolute atomic E-state index is 0.0973. The van der Waals surface area contributed by atoms with E-state index in [0.29, 0.717) is 30.2 Å². The van der Waals surface area contributed by atoms with Crippen molar-refractivity contribution < 1.29 is 28.6 Å². The number of nitrogens with one attached hydrogen (secondary N) is 2. The molecule has 1 aliphatic heterocycles. The third kappa shape index (κ3) is 4.88. The van der Waals surface area contributed by atoms with Gasteiger partial charge in [-0.3, -0.25) is 25.2 Å². The van der Waals surface area contributed by atoms with Gasteiger partial charge in [-0.2, -0.15) is 0 Å². The number of likely N-dealkylation sites (tertiary alicyclic amines) is 1. The number of ether oxygens (including phenoxy) is 3. The monoisotopic (exact) mass is 427 g/mol. The number of hydrazine groups is 1. The van der Waals surface area contributed by atoms with Crippen molar-refractivity contribution in [2.24, 2.45) is 0 Å². The lowest BCUT2D eigenvalue weighted by molar-refractivity contribution is -0.136. The number of amides is 3. The number of hydrogen-bond donors (Lipinski definition) is 2. The predicted octanol–water partition coefficient (Wildman–Crippen LogP) is 1.66. The van der Waals surface area contributed by atoms with Gasteiger partial charge in [-0.05, 0) is 24.1 Å². The van der Waals surface area contributed by atoms with Gasteiger partial charge < -0.3 is 19.1 Å². The molecule has 0 bridgehead atoms. The van der Waals surface area contributed by atoms with E-state index in [9.17, 15) is 14.4 Å². The summed E-state index contributed by atoms with van der Waals surface area (Å²) >= 11 is 0. The molecule has 1 heterocycles. The van der Waals surface area contributed by atoms with Crippen LogP contribution in [0.3, 0.4) is 0 Å². The summed E-state index contributed by atoms with van der Waals surface area (Å²) in [6.07, 6.45) is 0.670. The van der Waals surface area contributed by atoms with E-state index >= 15 is 0 Å². The lowest BCUT2D eigenvalue weighted by atomic mass is 10.1. The Kier molecular flexibility index (Phi) is 6.96. The Bertz CT molecular complexity index is 938. The maximum atomic E-state index is 12.7. The molecule has 0 radical (unpaired) electrons. The zero-order valence-corrected chi connectivity index (χ0v) is 17.6. The second-order valence-electron chi connectivity index (χ2n) is 6.92. The molecule has 0 unspecified atom stereocenters. The first-order chi connectivity index (χ1) is 15.0. The molecule has 0 aliphatic carbocycles. The van der Waals surface area contributed by atoms with Gasteiger partial charge in [0.25, 0.3) is 11.8 Å². The van der Waals surface area contributed by atoms with Gasteiger partial charge >= 0.3 is 0 Å². The number of hydrogen-bond acceptors (Lipinski definition) is 6. The Hall–Kier alpha value is -3.75. The van der Waals surface area contributed by atoms with E-state index in [1.165, 1.54) is 38.4 Å². The molecule has 2 aromatic rings. The van der Waals surface area contributed by atoms with Crippen LogP contribution in [0.5, 0.6) is 17.2 Å². The van der Waals surface area contributed by atoms with Gasteiger partial charge in [-0.15, -0.1) is 0 Å². The van der Waals surface area contributed by atoms with Crippen LogP contribution in [0.4, 0.5) is 0 Å². The van der Waals surface area contributed by atoms with Crippen LogP contribution in [0.25, 0.3) is 0 Å². The van der Waals surface area contributed by atoms with Crippen LogP contribution in [-0.2, 0) is 16.1 Å². The van der Waals surface area contributed by atoms with Crippen LogP contribution in [0.15, 0.2) is 42.5 Å². The van der Waals surface area contributed by atoms with Crippen LogP contribution in [0.1, 0.15) is 28.8 Å². The van der Waals surface area contributed by atoms with Gasteiger partial charge in [-0.25, -0.2) is 0 Å². The standard InChI is InChI=1S/C22H25N3O6/c1-29-17-11-15(12-18(30-2)20(17)31-3)21(27)23-24-22(28)16-9-10-19(26)25(16)13-14-7-5-4-6-8-14/h4-8,11-12,16H,9-10,13H2,1-3H3,(H,23,27)(H,24,28)/t16-/m1/s1. The topological polar surface area (TPSA) is 106 Å². The molecule has 164 valence electrons. The molecule has 9 heteroatoms. The highest BCUT2D eigenvalue weighted by Gasteiger charge is 2.36. The Morgan fingerprint density at radius 3 is 2.23 bits per heavy atom. The molecule has 9 nitrogen and oxygen atoms in total. The summed E-state index contributed by atoms with van der Waals surface area (Å²) in [6.45, 7) is 0.332. The molecule has 0 spiro atoms. The number of carbonyl (C=O) groups is 3. The molecule has 2 N–H and O–H groups in total. The van der Waals surface area contributed by atoms with Gasteiger partial charge in [0, 0.05) is 18.5 Å². The van der Waals surface area contributed by atoms with E-state index in [1.807, 2.05) is 30.3 Å². The highest BCUT2D eigenvalue weighted by Crippen LogP contribution is 2.38. The van der Waals surface area contributed by atoms with E-state index in [2.05, 4.69) is 10.9 Å². The van der Waals surface area contributed by atoms with E-state index < -0.39 is 17.9 Å². The Labute approximate surface area is 180 Å². The lowest BCUT2D eigenvalue weighted by Gasteiger charge is -2.24. The van der Waals surface area contributed by atoms with Gasteiger partial charge in [0.15, 0.2) is 11.5 Å². The molecule has 2 aromatic carbocycles. The van der Waals surface area contributed by atoms with E-state index in [-0.39, 0.29) is 17.9 Å². The van der Waals surface area contributed by atoms with Crippen molar-refractivity contribution in [1.29, 1.82) is 0 Å². The number of rotatable bonds is 7. The third-order valence-electron chi connectivity index (χ3n) is 5.05. The fraction of sp³-hybridized carbons (Fsp3) is 0.318. The second kappa shape index (κ2) is 9.84. The van der Waals surface area contributed by atoms with Crippen LogP contribution in [0, 0.1) is 0 Å². The molecule has 1 atom stereocenters. The van der Waals surface area contributed by atoms with Crippen molar-refractivity contribution in [3.8, 4) is 17.2 Å². The Morgan fingerprint density at radius 2 is 1.65 bits per heavy atom. The molecule has 1 saturated heterocycles. The van der Waals surface area contributed by atoms with Crippen molar-refractivity contribution in [3.05, 3.63) is 53.6 Å². The Morgan fingerprint density at radius 1 is 1.00 bits per heavy atom. The molecule has 0 saturated carbocycles. The van der Waals surface area contributed by atoms with E-state index in [4.69, 9.17) is 14.2 Å². The van der Waals surface area contributed by atoms with Gasteiger partial charge in [-0.1, -0.05) is 30.3 Å². The number of carbonyl (C=O) groups excluding carboxylic acids is 3. The van der Waals surface area contributed by atoms with Gasteiger partial charge in [0.2, 0.25) is 11.7 Å². The van der Waals surface area contributed by atoms with Crippen LogP contribution in [0.2, 0.25) is 0 Å². The first kappa shape index (κ1) is 21.9. The normalized spacial score (nSPS) is 15.4. The number of methoxy groups -OCH3 is 3. The summed E-state index contributed by atoms with van der Waals surface area (Å²) < 4.78 is 15.7. The maximum absolute atomic E-state index is 12.7. The molecule has 31 heavy (non-hydrogen) atoms. The molecule has 1 fully saturated rings. The highest BCUT2D eigenvalue weighted by molar-refractivity contribution is 5.98. The average molecular weight is 427 g/mol. The quantitative estimate of drug-likeness (QED) is 0.651. The van der Waals surface area contributed by atoms with Gasteiger partial charge in [0.05, 0.1) is 21.3 Å². The summed E-state index contributed by atoms with van der Waals surface area (Å²) in [5.74, 6) is -0.136. The van der Waals surface area contributed by atoms with Crippen molar-refractivity contribution in [2.45, 2.75) is 25.4 Å². The zero-order valence-electron chi connectivity index (χ0n) is 17.6. The SMILES string of the molecule is COc1cc(C(=O)NNC(=O)[C@H]2CCC(=O)N2Cc2ccccc2)cc(OC)c1OC. The summed E-state index contributed by atoms with van der Waals surface area (Å²) in [5.41, 5.74) is 5.94. The molecular weight excluding hydrogens is 402 g/mol. The fourth-order valence-corrected chi connectivity index (χ4v) is 3.47. The van der Waals surface area contributed by atoms with Crippen molar-refractivity contribution in [3.63, 3.8) is 0 Å².